The van der Waals surface area contributed by atoms with E-state index in [2.05, 4.69) is 31.6 Å². The van der Waals surface area contributed by atoms with Gasteiger partial charge in [-0.1, -0.05) is 17.3 Å². The summed E-state index contributed by atoms with van der Waals surface area (Å²) in [5, 5.41) is 13.2. The standard InChI is InChI=1S/C18H20N6O/c1-23-10-15(11-23)17(25)9-20-18-6-14-5-12(3-4-13(14)7-19-18)16-8-21-22-24(16)2/h3-8,15H,9-11H2,1-2H3,(H,19,20). The Kier molecular flexibility index (Phi) is 3.93. The fraction of sp³-hybridized carbons (Fsp3) is 0.333. The molecule has 7 heteroatoms. The topological polar surface area (TPSA) is 75.9 Å². The minimum atomic E-state index is 0.155. The minimum absolute atomic E-state index is 0.155. The number of aromatic nitrogens is 4. The lowest BCUT2D eigenvalue weighted by Gasteiger charge is -2.34. The number of likely N-dealkylation sites (tertiary alicyclic amines) is 1. The lowest BCUT2D eigenvalue weighted by atomic mass is 9.96. The smallest absolute Gasteiger partial charge is 0.157 e. The summed E-state index contributed by atoms with van der Waals surface area (Å²) in [5.41, 5.74) is 2.00. The van der Waals surface area contributed by atoms with Crippen molar-refractivity contribution < 1.29 is 4.79 Å². The molecule has 1 aliphatic rings. The number of hydrogen-bond donors (Lipinski definition) is 1. The number of hydrogen-bond acceptors (Lipinski definition) is 6. The molecule has 7 nitrogen and oxygen atoms in total. The summed E-state index contributed by atoms with van der Waals surface area (Å²) in [7, 11) is 3.90. The van der Waals surface area contributed by atoms with Gasteiger partial charge >= 0.3 is 0 Å². The first-order valence-electron chi connectivity index (χ1n) is 8.30. The van der Waals surface area contributed by atoms with Gasteiger partial charge in [-0.3, -0.25) is 4.79 Å². The Bertz CT molecular complexity index is 928. The van der Waals surface area contributed by atoms with E-state index in [4.69, 9.17) is 0 Å². The Morgan fingerprint density at radius 2 is 2.04 bits per heavy atom. The molecule has 1 aromatic carbocycles. The van der Waals surface area contributed by atoms with Gasteiger partial charge in [0.1, 0.15) is 5.82 Å². The third-order valence-electron chi connectivity index (χ3n) is 4.70. The van der Waals surface area contributed by atoms with Crippen molar-refractivity contribution in [2.45, 2.75) is 0 Å². The highest BCUT2D eigenvalue weighted by atomic mass is 16.1. The predicted molar refractivity (Wildman–Crippen MR) is 96.2 cm³/mol. The third-order valence-corrected chi connectivity index (χ3v) is 4.70. The fourth-order valence-electron chi connectivity index (χ4n) is 3.17. The molecular formula is C18H20N6O. The quantitative estimate of drug-likeness (QED) is 0.762. The van der Waals surface area contributed by atoms with Crippen molar-refractivity contribution in [3.63, 3.8) is 0 Å². The fourth-order valence-corrected chi connectivity index (χ4v) is 3.17. The van der Waals surface area contributed by atoms with Gasteiger partial charge < -0.3 is 10.2 Å². The molecule has 0 saturated carbocycles. The minimum Gasteiger partial charge on any atom is -0.363 e. The zero-order valence-electron chi connectivity index (χ0n) is 14.3. The number of nitrogens with one attached hydrogen (secondary N) is 1. The summed E-state index contributed by atoms with van der Waals surface area (Å²) in [5.74, 6) is 1.12. The van der Waals surface area contributed by atoms with Crippen molar-refractivity contribution in [2.75, 3.05) is 32.0 Å². The molecule has 25 heavy (non-hydrogen) atoms. The number of anilines is 1. The normalized spacial score (nSPS) is 15.3. The molecule has 3 heterocycles. The molecule has 128 valence electrons. The lowest BCUT2D eigenvalue weighted by molar-refractivity contribution is -0.125. The van der Waals surface area contributed by atoms with Gasteiger partial charge in [-0.05, 0) is 24.6 Å². The van der Waals surface area contributed by atoms with E-state index >= 15 is 0 Å². The van der Waals surface area contributed by atoms with Crippen LogP contribution in [0.4, 0.5) is 5.82 Å². The van der Waals surface area contributed by atoms with Gasteiger partial charge in [-0.25, -0.2) is 9.67 Å². The van der Waals surface area contributed by atoms with Gasteiger partial charge in [0.2, 0.25) is 0 Å². The van der Waals surface area contributed by atoms with Crippen LogP contribution in [0.1, 0.15) is 0 Å². The van der Waals surface area contributed by atoms with Gasteiger partial charge in [0.15, 0.2) is 5.78 Å². The van der Waals surface area contributed by atoms with E-state index in [1.54, 1.807) is 10.9 Å². The van der Waals surface area contributed by atoms with Crippen molar-refractivity contribution in [2.24, 2.45) is 13.0 Å². The van der Waals surface area contributed by atoms with Crippen LogP contribution in [0.15, 0.2) is 36.7 Å². The molecule has 0 aliphatic carbocycles. The molecular weight excluding hydrogens is 316 g/mol. The number of benzene rings is 1. The van der Waals surface area contributed by atoms with E-state index in [0.717, 1.165) is 35.1 Å². The highest BCUT2D eigenvalue weighted by molar-refractivity contribution is 5.89. The van der Waals surface area contributed by atoms with Gasteiger partial charge in [0.05, 0.1) is 18.4 Å². The molecule has 2 aromatic heterocycles. The Morgan fingerprint density at radius 3 is 2.76 bits per heavy atom. The first kappa shape index (κ1) is 15.7. The molecule has 1 fully saturated rings. The number of aryl methyl sites for hydroxylation is 1. The molecule has 0 unspecified atom stereocenters. The highest BCUT2D eigenvalue weighted by Crippen LogP contribution is 2.24. The second kappa shape index (κ2) is 6.25. The summed E-state index contributed by atoms with van der Waals surface area (Å²) < 4.78 is 1.75. The molecule has 3 aromatic rings. The molecule has 0 radical (unpaired) electrons. The largest absolute Gasteiger partial charge is 0.363 e. The van der Waals surface area contributed by atoms with E-state index in [9.17, 15) is 4.79 Å². The second-order valence-corrected chi connectivity index (χ2v) is 6.61. The molecule has 0 amide bonds. The number of Topliss-reactive ketones (excluding diaryl/α,β-unsaturated/α-hetero) is 1. The molecule has 1 saturated heterocycles. The molecule has 1 aliphatic heterocycles. The average Bonchev–Trinajstić information content (AvgIpc) is 3.02. The van der Waals surface area contributed by atoms with Crippen LogP contribution < -0.4 is 5.32 Å². The number of ketones is 1. The Balaban J connectivity index is 1.52. The average molecular weight is 336 g/mol. The van der Waals surface area contributed by atoms with Crippen LogP contribution in [0, 0.1) is 5.92 Å². The van der Waals surface area contributed by atoms with Crippen molar-refractivity contribution >= 4 is 22.4 Å². The van der Waals surface area contributed by atoms with Gasteiger partial charge in [0.25, 0.3) is 0 Å². The maximum absolute atomic E-state index is 12.1. The van der Waals surface area contributed by atoms with E-state index in [0.29, 0.717) is 12.4 Å². The maximum atomic E-state index is 12.1. The van der Waals surface area contributed by atoms with Crippen LogP contribution >= 0.6 is 0 Å². The number of nitrogens with zero attached hydrogens (tertiary/aromatic N) is 5. The van der Waals surface area contributed by atoms with E-state index < -0.39 is 0 Å². The molecule has 0 spiro atoms. The molecule has 4 rings (SSSR count). The number of rotatable bonds is 5. The number of carbonyl (C=O) groups is 1. The van der Waals surface area contributed by atoms with Gasteiger partial charge in [-0.2, -0.15) is 0 Å². The highest BCUT2D eigenvalue weighted by Gasteiger charge is 2.29. The maximum Gasteiger partial charge on any atom is 0.157 e. The van der Waals surface area contributed by atoms with Crippen LogP contribution in [-0.2, 0) is 11.8 Å². The predicted octanol–water partition coefficient (Wildman–Crippen LogP) is 1.57. The SMILES string of the molecule is CN1CC(C(=O)CNc2cc3cc(-c4cnnn4C)ccc3cn2)C1. The van der Waals surface area contributed by atoms with Crippen LogP contribution in [0.3, 0.4) is 0 Å². The van der Waals surface area contributed by atoms with E-state index in [-0.39, 0.29) is 11.7 Å². The zero-order valence-corrected chi connectivity index (χ0v) is 14.3. The number of fused-ring (bicyclic) bond motifs is 1. The monoisotopic (exact) mass is 336 g/mol. The number of pyridine rings is 1. The van der Waals surface area contributed by atoms with Crippen molar-refractivity contribution in [3.05, 3.63) is 36.7 Å². The number of carbonyl (C=O) groups excluding carboxylic acids is 1. The summed E-state index contributed by atoms with van der Waals surface area (Å²) in [6, 6.07) is 8.13. The van der Waals surface area contributed by atoms with Crippen molar-refractivity contribution in [1.29, 1.82) is 0 Å². The first-order valence-corrected chi connectivity index (χ1v) is 8.30. The third kappa shape index (κ3) is 3.10. The molecule has 0 bridgehead atoms. The van der Waals surface area contributed by atoms with E-state index in [1.807, 2.05) is 38.5 Å². The Labute approximate surface area is 145 Å². The van der Waals surface area contributed by atoms with Crippen LogP contribution in [0.5, 0.6) is 0 Å². The lowest BCUT2D eigenvalue weighted by Crippen LogP contribution is -2.49. The summed E-state index contributed by atoms with van der Waals surface area (Å²) >= 11 is 0. The van der Waals surface area contributed by atoms with Crippen molar-refractivity contribution in [3.8, 4) is 11.3 Å². The van der Waals surface area contributed by atoms with Crippen LogP contribution in [0.25, 0.3) is 22.0 Å². The zero-order chi connectivity index (χ0) is 17.4. The molecule has 0 atom stereocenters. The van der Waals surface area contributed by atoms with Gasteiger partial charge in [0, 0.05) is 43.2 Å². The first-order chi connectivity index (χ1) is 12.1. The second-order valence-electron chi connectivity index (χ2n) is 6.61. The van der Waals surface area contributed by atoms with E-state index in [1.165, 1.54) is 0 Å². The van der Waals surface area contributed by atoms with Crippen LogP contribution in [-0.4, -0.2) is 57.3 Å². The van der Waals surface area contributed by atoms with Crippen LogP contribution in [0.2, 0.25) is 0 Å². The van der Waals surface area contributed by atoms with Gasteiger partial charge in [-0.15, -0.1) is 5.10 Å². The molecule has 1 N–H and O–H groups in total. The van der Waals surface area contributed by atoms with Crippen molar-refractivity contribution in [1.82, 2.24) is 24.9 Å². The Hall–Kier alpha value is -2.80. The summed E-state index contributed by atoms with van der Waals surface area (Å²) in [6.45, 7) is 2.03. The Morgan fingerprint density at radius 1 is 1.20 bits per heavy atom. The summed E-state index contributed by atoms with van der Waals surface area (Å²) in [6.07, 6.45) is 3.57. The summed E-state index contributed by atoms with van der Waals surface area (Å²) in [4.78, 5) is 18.7.